The number of methoxy groups -OCH3 is 7. The van der Waals surface area contributed by atoms with Gasteiger partial charge in [-0.15, -0.1) is 0 Å². The van der Waals surface area contributed by atoms with E-state index in [1.165, 1.54) is 49.8 Å². The van der Waals surface area contributed by atoms with Gasteiger partial charge in [-0.3, -0.25) is 0 Å². The van der Waals surface area contributed by atoms with Crippen molar-refractivity contribution in [2.24, 2.45) is 0 Å². The average molecular weight is 459 g/mol. The Morgan fingerprint density at radius 2 is 0.968 bits per heavy atom. The second-order valence-electron chi connectivity index (χ2n) is 6.31. The number of aliphatic hydroxyl groups excluding tert-OH is 3. The van der Waals surface area contributed by atoms with Crippen LogP contribution < -0.4 is 0 Å². The van der Waals surface area contributed by atoms with Crippen molar-refractivity contribution in [1.29, 1.82) is 0 Å². The molecule has 0 saturated heterocycles. The fraction of sp³-hybridized carbons (Fsp3) is 0.895. The number of hydrogen-bond acceptors (Lipinski definition) is 12. The molecule has 0 amide bonds. The number of rotatable bonds is 17. The molecule has 0 aromatic carbocycles. The summed E-state index contributed by atoms with van der Waals surface area (Å²) < 4.78 is 34.3. The fourth-order valence-electron chi connectivity index (χ4n) is 2.72. The second-order valence-corrected chi connectivity index (χ2v) is 6.31. The minimum Gasteiger partial charge on any atom is -0.388 e. The number of hydrogen-bond donors (Lipinski definition) is 3. The van der Waals surface area contributed by atoms with E-state index < -0.39 is 48.8 Å². The van der Waals surface area contributed by atoms with Gasteiger partial charge >= 0.3 is 0 Å². The molecule has 186 valence electrons. The molecule has 0 rings (SSSR count). The molecule has 0 aromatic rings. The highest BCUT2D eigenvalue weighted by molar-refractivity contribution is 5.57. The minimum absolute atomic E-state index is 0.0453. The van der Waals surface area contributed by atoms with E-state index in [0.717, 1.165) is 0 Å². The zero-order chi connectivity index (χ0) is 24.4. The van der Waals surface area contributed by atoms with Gasteiger partial charge < -0.3 is 58.1 Å². The van der Waals surface area contributed by atoms with Crippen molar-refractivity contribution in [2.75, 3.05) is 63.0 Å². The first-order valence-electron chi connectivity index (χ1n) is 9.34. The van der Waals surface area contributed by atoms with Crippen molar-refractivity contribution in [2.45, 2.75) is 48.8 Å². The van der Waals surface area contributed by atoms with Crippen molar-refractivity contribution in [3.8, 4) is 0 Å². The predicted molar refractivity (Wildman–Crippen MR) is 108 cm³/mol. The molecule has 12 nitrogen and oxygen atoms in total. The Bertz CT molecular complexity index is 438. The summed E-state index contributed by atoms with van der Waals surface area (Å²) in [6, 6.07) is 0. The molecule has 0 aliphatic heterocycles. The Morgan fingerprint density at radius 1 is 0.581 bits per heavy atom. The van der Waals surface area contributed by atoms with Gasteiger partial charge in [0.25, 0.3) is 0 Å². The van der Waals surface area contributed by atoms with Crippen molar-refractivity contribution in [3.05, 3.63) is 0 Å². The predicted octanol–water partition coefficient (Wildman–Crippen LogP) is -2.18. The molecule has 0 fully saturated rings. The Morgan fingerprint density at radius 3 is 1.29 bits per heavy atom. The monoisotopic (exact) mass is 458 g/mol. The molecule has 0 radical (unpaired) electrons. The van der Waals surface area contributed by atoms with Crippen molar-refractivity contribution in [3.63, 3.8) is 0 Å². The molecule has 0 unspecified atom stereocenters. The molecule has 31 heavy (non-hydrogen) atoms. The van der Waals surface area contributed by atoms with Crippen LogP contribution in [0.2, 0.25) is 0 Å². The summed E-state index contributed by atoms with van der Waals surface area (Å²) in [6.45, 7) is 0.0456. The Hall–Kier alpha value is -1.06. The maximum absolute atomic E-state index is 10.8. The van der Waals surface area contributed by atoms with Crippen LogP contribution in [-0.4, -0.2) is 140 Å². The van der Waals surface area contributed by atoms with Crippen LogP contribution in [0.1, 0.15) is 0 Å². The molecule has 0 spiro atoms. The zero-order valence-electron chi connectivity index (χ0n) is 19.2. The number of aldehydes is 2. The minimum atomic E-state index is -1.25. The van der Waals surface area contributed by atoms with Crippen LogP contribution in [0.3, 0.4) is 0 Å². The Kier molecular flexibility index (Phi) is 20.3. The highest BCUT2D eigenvalue weighted by Crippen LogP contribution is 2.13. The molecule has 8 atom stereocenters. The van der Waals surface area contributed by atoms with Gasteiger partial charge in [0, 0.05) is 49.8 Å². The topological polar surface area (TPSA) is 159 Å². The lowest BCUT2D eigenvalue weighted by Gasteiger charge is -2.31. The molecule has 0 saturated carbocycles. The summed E-state index contributed by atoms with van der Waals surface area (Å²) >= 11 is 0. The number of aliphatic hydroxyl groups is 3. The lowest BCUT2D eigenvalue weighted by Crippen LogP contribution is -2.49. The van der Waals surface area contributed by atoms with Crippen LogP contribution in [0.15, 0.2) is 0 Å². The molecule has 0 bridgehead atoms. The number of carbonyl (C=O) groups is 2. The summed E-state index contributed by atoms with van der Waals surface area (Å²) in [5.74, 6) is 0. The van der Waals surface area contributed by atoms with E-state index >= 15 is 0 Å². The SMILES string of the molecule is COC[C@@H](O)[C@@H](O)[C@H](OC)[C@H](C=O)OC.COC[C@@H](O)[C@@H](OC)[C@H](OC)[C@H](C=O)OC. The molecule has 12 heteroatoms. The third-order valence-corrected chi connectivity index (χ3v) is 4.39. The van der Waals surface area contributed by atoms with Gasteiger partial charge in [0.15, 0.2) is 12.6 Å². The quantitative estimate of drug-likeness (QED) is 0.203. The smallest absolute Gasteiger partial charge is 0.151 e. The first-order chi connectivity index (χ1) is 14.8. The first-order valence-corrected chi connectivity index (χ1v) is 9.34. The third kappa shape index (κ3) is 11.4. The largest absolute Gasteiger partial charge is 0.388 e. The maximum atomic E-state index is 10.8. The van der Waals surface area contributed by atoms with Gasteiger partial charge in [0.05, 0.1) is 13.2 Å². The summed E-state index contributed by atoms with van der Waals surface area (Å²) in [6.07, 6.45) is -6.15. The van der Waals surface area contributed by atoms with E-state index in [0.29, 0.717) is 12.6 Å². The van der Waals surface area contributed by atoms with Crippen LogP contribution in [0.5, 0.6) is 0 Å². The Balaban J connectivity index is 0. The molecule has 0 aliphatic rings. The van der Waals surface area contributed by atoms with E-state index in [4.69, 9.17) is 28.4 Å². The highest BCUT2D eigenvalue weighted by atomic mass is 16.6. The molecule has 0 aromatic heterocycles. The van der Waals surface area contributed by atoms with Gasteiger partial charge in [-0.05, 0) is 0 Å². The summed E-state index contributed by atoms with van der Waals surface area (Å²) in [5.41, 5.74) is 0. The first kappa shape index (κ1) is 32.1. The number of ether oxygens (including phenoxy) is 7. The van der Waals surface area contributed by atoms with E-state index in [1.807, 2.05) is 0 Å². The van der Waals surface area contributed by atoms with E-state index in [2.05, 4.69) is 4.74 Å². The number of carbonyl (C=O) groups excluding carboxylic acids is 2. The van der Waals surface area contributed by atoms with Crippen LogP contribution in [0.25, 0.3) is 0 Å². The van der Waals surface area contributed by atoms with Gasteiger partial charge in [0.1, 0.15) is 48.8 Å². The van der Waals surface area contributed by atoms with Crippen LogP contribution in [0.4, 0.5) is 0 Å². The van der Waals surface area contributed by atoms with Crippen LogP contribution in [-0.2, 0) is 42.7 Å². The lowest BCUT2D eigenvalue weighted by atomic mass is 10.0. The van der Waals surface area contributed by atoms with Crippen molar-refractivity contribution in [1.82, 2.24) is 0 Å². The summed E-state index contributed by atoms with van der Waals surface area (Å²) in [5, 5.41) is 28.8. The van der Waals surface area contributed by atoms with Crippen LogP contribution >= 0.6 is 0 Å². The summed E-state index contributed by atoms with van der Waals surface area (Å²) in [4.78, 5) is 21.4. The fourth-order valence-corrected chi connectivity index (χ4v) is 2.72. The molecule has 3 N–H and O–H groups in total. The second kappa shape index (κ2) is 19.6. The summed E-state index contributed by atoms with van der Waals surface area (Å²) in [7, 11) is 9.74. The standard InChI is InChI=1S/C10H20O6.C9H18O6/c1-13-6-7(12)9(15-3)10(16-4)8(5-11)14-2;1-13-5-6(11)8(12)9(15-3)7(4-10)14-2/h5,7-10,12H,6H2,1-4H3;4,6-9,11-12H,5H2,1-3H3/t7-,8+,9-,10-;6-,7+,8-,9-/m11/s1. The van der Waals surface area contributed by atoms with E-state index in [-0.39, 0.29) is 13.2 Å². The molecular formula is C19H38O12. The highest BCUT2D eigenvalue weighted by Gasteiger charge is 2.35. The van der Waals surface area contributed by atoms with Gasteiger partial charge in [-0.25, -0.2) is 0 Å². The average Bonchev–Trinajstić information content (AvgIpc) is 2.77. The Labute approximate surface area is 183 Å². The van der Waals surface area contributed by atoms with Crippen molar-refractivity contribution < 1.29 is 58.1 Å². The van der Waals surface area contributed by atoms with Crippen molar-refractivity contribution >= 4 is 12.6 Å². The van der Waals surface area contributed by atoms with Gasteiger partial charge in [-0.2, -0.15) is 0 Å². The lowest BCUT2D eigenvalue weighted by molar-refractivity contribution is -0.156. The van der Waals surface area contributed by atoms with E-state index in [1.54, 1.807) is 0 Å². The van der Waals surface area contributed by atoms with E-state index in [9.17, 15) is 24.9 Å². The normalized spacial score (nSPS) is 19.0. The molecule has 0 heterocycles. The zero-order valence-corrected chi connectivity index (χ0v) is 19.2. The van der Waals surface area contributed by atoms with Gasteiger partial charge in [-0.1, -0.05) is 0 Å². The maximum Gasteiger partial charge on any atom is 0.151 e. The van der Waals surface area contributed by atoms with Gasteiger partial charge in [0.2, 0.25) is 0 Å². The molecule has 0 aliphatic carbocycles. The molecular weight excluding hydrogens is 420 g/mol. The third-order valence-electron chi connectivity index (χ3n) is 4.39. The van der Waals surface area contributed by atoms with Crippen LogP contribution in [0, 0.1) is 0 Å².